The molecule has 0 aliphatic carbocycles. The Balaban J connectivity index is 1.64. The lowest BCUT2D eigenvalue weighted by molar-refractivity contribution is 0.102. The van der Waals surface area contributed by atoms with Crippen molar-refractivity contribution in [2.75, 3.05) is 5.75 Å². The molecule has 104 valence electrons. The van der Waals surface area contributed by atoms with Gasteiger partial charge < -0.3 is 0 Å². The number of ketones is 1. The molecule has 0 atom stereocenters. The molecule has 3 aromatic rings. The zero-order valence-electron chi connectivity index (χ0n) is 11.1. The van der Waals surface area contributed by atoms with E-state index in [1.807, 2.05) is 36.4 Å². The molecule has 0 amide bonds. The van der Waals surface area contributed by atoms with Gasteiger partial charge in [0.1, 0.15) is 5.69 Å². The number of nitrogens with zero attached hydrogens (tertiary/aromatic N) is 3. The summed E-state index contributed by atoms with van der Waals surface area (Å²) < 4.78 is 0. The number of nitrogens with one attached hydrogen (secondary N) is 1. The van der Waals surface area contributed by atoms with Crippen LogP contribution >= 0.6 is 11.8 Å². The minimum Gasteiger partial charge on any atom is -0.293 e. The van der Waals surface area contributed by atoms with Gasteiger partial charge in [0.05, 0.1) is 5.75 Å². The standard InChI is InChI=1S/C15H12N4OS/c20-13(11-6-2-1-3-7-11)10-21-15-17-14(18-19-15)12-8-4-5-9-16-12/h1-9H,10H2,(H,17,18,19). The zero-order valence-corrected chi connectivity index (χ0v) is 11.9. The molecule has 1 N–H and O–H groups in total. The van der Waals surface area contributed by atoms with Crippen molar-refractivity contribution in [2.24, 2.45) is 0 Å². The molecule has 0 bridgehead atoms. The van der Waals surface area contributed by atoms with Crippen molar-refractivity contribution in [3.05, 3.63) is 60.3 Å². The second-order valence-corrected chi connectivity index (χ2v) is 5.20. The first-order valence-corrected chi connectivity index (χ1v) is 7.36. The van der Waals surface area contributed by atoms with E-state index in [1.165, 1.54) is 11.8 Å². The third-order valence-corrected chi connectivity index (χ3v) is 3.65. The maximum atomic E-state index is 12.0. The Morgan fingerprint density at radius 3 is 2.67 bits per heavy atom. The Kier molecular flexibility index (Phi) is 4.07. The Labute approximate surface area is 125 Å². The fraction of sp³-hybridized carbons (Fsp3) is 0.0667. The van der Waals surface area contributed by atoms with Crippen LogP contribution in [0.1, 0.15) is 10.4 Å². The molecule has 0 unspecified atom stereocenters. The maximum Gasteiger partial charge on any atom is 0.209 e. The predicted molar refractivity (Wildman–Crippen MR) is 81.1 cm³/mol. The van der Waals surface area contributed by atoms with E-state index in [2.05, 4.69) is 20.2 Å². The zero-order chi connectivity index (χ0) is 14.5. The van der Waals surface area contributed by atoms with Crippen molar-refractivity contribution in [3.8, 4) is 11.5 Å². The number of hydrogen-bond acceptors (Lipinski definition) is 5. The summed E-state index contributed by atoms with van der Waals surface area (Å²) in [7, 11) is 0. The highest BCUT2D eigenvalue weighted by Gasteiger charge is 2.10. The summed E-state index contributed by atoms with van der Waals surface area (Å²) >= 11 is 1.31. The van der Waals surface area contributed by atoms with E-state index in [4.69, 9.17) is 0 Å². The van der Waals surface area contributed by atoms with Crippen molar-refractivity contribution in [2.45, 2.75) is 5.16 Å². The van der Waals surface area contributed by atoms with Gasteiger partial charge in [-0.05, 0) is 12.1 Å². The van der Waals surface area contributed by atoms with E-state index in [9.17, 15) is 4.79 Å². The minimum atomic E-state index is 0.0600. The van der Waals surface area contributed by atoms with Gasteiger partial charge in [0, 0.05) is 11.8 Å². The Bertz CT molecular complexity index is 728. The average molecular weight is 296 g/mol. The topological polar surface area (TPSA) is 71.5 Å². The molecule has 0 aliphatic heterocycles. The Morgan fingerprint density at radius 1 is 1.10 bits per heavy atom. The summed E-state index contributed by atoms with van der Waals surface area (Å²) in [6.45, 7) is 0. The van der Waals surface area contributed by atoms with Gasteiger partial charge in [-0.15, -0.1) is 5.10 Å². The molecule has 0 fully saturated rings. The predicted octanol–water partition coefficient (Wildman–Crippen LogP) is 2.84. The fourth-order valence-corrected chi connectivity index (χ4v) is 2.46. The SMILES string of the molecule is O=C(CSc1n[nH]c(-c2ccccn2)n1)c1ccccc1. The molecule has 6 heteroatoms. The van der Waals surface area contributed by atoms with Gasteiger partial charge in [-0.25, -0.2) is 0 Å². The van der Waals surface area contributed by atoms with Gasteiger partial charge in [0.25, 0.3) is 0 Å². The third kappa shape index (κ3) is 3.35. The summed E-state index contributed by atoms with van der Waals surface area (Å²) in [5, 5.41) is 7.46. The molecule has 0 radical (unpaired) electrons. The number of carbonyl (C=O) groups is 1. The van der Waals surface area contributed by atoms with Gasteiger partial charge in [0.15, 0.2) is 11.6 Å². The summed E-state index contributed by atoms with van der Waals surface area (Å²) in [5.41, 5.74) is 1.43. The molecule has 1 aromatic carbocycles. The average Bonchev–Trinajstić information content (AvgIpc) is 3.03. The number of thioether (sulfide) groups is 1. The number of H-pyrrole nitrogens is 1. The van der Waals surface area contributed by atoms with Crippen molar-refractivity contribution < 1.29 is 4.79 Å². The van der Waals surface area contributed by atoms with E-state index in [1.54, 1.807) is 18.3 Å². The van der Waals surface area contributed by atoms with Crippen LogP contribution in [0.5, 0.6) is 0 Å². The Morgan fingerprint density at radius 2 is 1.90 bits per heavy atom. The van der Waals surface area contributed by atoms with E-state index in [-0.39, 0.29) is 5.78 Å². The highest BCUT2D eigenvalue weighted by Crippen LogP contribution is 2.18. The number of aromatic nitrogens is 4. The minimum absolute atomic E-state index is 0.0600. The number of Topliss-reactive ketones (excluding diaryl/α,β-unsaturated/α-hetero) is 1. The molecular weight excluding hydrogens is 284 g/mol. The van der Waals surface area contributed by atoms with Crippen molar-refractivity contribution >= 4 is 17.5 Å². The quantitative estimate of drug-likeness (QED) is 0.579. The molecule has 0 spiro atoms. The third-order valence-electron chi connectivity index (χ3n) is 2.80. The van der Waals surface area contributed by atoms with E-state index >= 15 is 0 Å². The molecule has 5 nitrogen and oxygen atoms in total. The summed E-state index contributed by atoms with van der Waals surface area (Å²) in [4.78, 5) is 20.5. The lowest BCUT2D eigenvalue weighted by Gasteiger charge is -1.97. The van der Waals surface area contributed by atoms with Crippen LogP contribution in [-0.2, 0) is 0 Å². The van der Waals surface area contributed by atoms with Crippen LogP contribution in [0.2, 0.25) is 0 Å². The van der Waals surface area contributed by atoms with Crippen molar-refractivity contribution in [1.29, 1.82) is 0 Å². The van der Waals surface area contributed by atoms with Crippen molar-refractivity contribution in [1.82, 2.24) is 20.2 Å². The molecule has 3 rings (SSSR count). The fourth-order valence-electron chi connectivity index (χ4n) is 1.77. The smallest absolute Gasteiger partial charge is 0.209 e. The first-order valence-electron chi connectivity index (χ1n) is 6.38. The van der Waals surface area contributed by atoms with Gasteiger partial charge in [-0.3, -0.25) is 14.9 Å². The van der Waals surface area contributed by atoms with Crippen LogP contribution in [0.4, 0.5) is 0 Å². The second-order valence-electron chi connectivity index (χ2n) is 4.26. The van der Waals surface area contributed by atoms with Gasteiger partial charge in [-0.2, -0.15) is 4.98 Å². The van der Waals surface area contributed by atoms with Crippen LogP contribution in [0.25, 0.3) is 11.5 Å². The largest absolute Gasteiger partial charge is 0.293 e. The molecule has 0 saturated heterocycles. The van der Waals surface area contributed by atoms with E-state index in [0.717, 1.165) is 5.69 Å². The number of rotatable bonds is 5. The highest BCUT2D eigenvalue weighted by atomic mass is 32.2. The molecule has 21 heavy (non-hydrogen) atoms. The lowest BCUT2D eigenvalue weighted by Crippen LogP contribution is -2.01. The van der Waals surface area contributed by atoms with Crippen LogP contribution in [-0.4, -0.2) is 31.7 Å². The first-order chi connectivity index (χ1) is 10.3. The summed E-state index contributed by atoms with van der Waals surface area (Å²) in [5.74, 6) is 0.971. The molecular formula is C15H12N4OS. The monoisotopic (exact) mass is 296 g/mol. The van der Waals surface area contributed by atoms with Crippen LogP contribution in [0.3, 0.4) is 0 Å². The van der Waals surface area contributed by atoms with Gasteiger partial charge in [0.2, 0.25) is 5.16 Å². The number of pyridine rings is 1. The maximum absolute atomic E-state index is 12.0. The molecule has 2 heterocycles. The second kappa shape index (κ2) is 6.32. The first kappa shape index (κ1) is 13.5. The number of carbonyl (C=O) groups excluding carboxylic acids is 1. The van der Waals surface area contributed by atoms with Crippen LogP contribution in [0, 0.1) is 0 Å². The number of benzene rings is 1. The van der Waals surface area contributed by atoms with Crippen LogP contribution < -0.4 is 0 Å². The number of aromatic amines is 1. The molecule has 0 aliphatic rings. The molecule has 0 saturated carbocycles. The van der Waals surface area contributed by atoms with Gasteiger partial charge in [-0.1, -0.05) is 48.2 Å². The molecule has 2 aromatic heterocycles. The number of hydrogen-bond donors (Lipinski definition) is 1. The van der Waals surface area contributed by atoms with E-state index < -0.39 is 0 Å². The van der Waals surface area contributed by atoms with Gasteiger partial charge >= 0.3 is 0 Å². The highest BCUT2D eigenvalue weighted by molar-refractivity contribution is 7.99. The summed E-state index contributed by atoms with van der Waals surface area (Å²) in [6, 6.07) is 14.8. The van der Waals surface area contributed by atoms with Crippen molar-refractivity contribution in [3.63, 3.8) is 0 Å². The van der Waals surface area contributed by atoms with E-state index in [0.29, 0.717) is 22.3 Å². The lowest BCUT2D eigenvalue weighted by atomic mass is 10.2. The Hall–Kier alpha value is -2.47. The summed E-state index contributed by atoms with van der Waals surface area (Å²) in [6.07, 6.45) is 1.70. The van der Waals surface area contributed by atoms with Crippen LogP contribution in [0.15, 0.2) is 59.9 Å². The normalized spacial score (nSPS) is 10.5.